The Kier molecular flexibility index (Phi) is 13.1. The van der Waals surface area contributed by atoms with E-state index in [9.17, 15) is 30.0 Å². The number of fused-ring (bicyclic) bond motifs is 8. The summed E-state index contributed by atoms with van der Waals surface area (Å²) in [4.78, 5) is 27.3. The molecule has 58 heavy (non-hydrogen) atoms. The quantitative estimate of drug-likeness (QED) is 0.235. The SMILES string of the molecule is C=C1CC2CCC(=O)CC3OC4[C@H](O)C5OC(CCCC5O[C@H]4C3O)CC(=O)OC3C(C[C@H]4OC(CC[C@@H]1O2)CC(C)C4(C)C)O[C@H]1CC(O)C(CCO)O[C@H]1[C@@H]3C. The molecule has 0 aromatic heterocycles. The van der Waals surface area contributed by atoms with Gasteiger partial charge in [-0.15, -0.1) is 0 Å². The van der Waals surface area contributed by atoms with Crippen molar-refractivity contribution in [3.05, 3.63) is 12.2 Å². The second-order valence-corrected chi connectivity index (χ2v) is 19.5. The van der Waals surface area contributed by atoms with Gasteiger partial charge in [-0.2, -0.15) is 0 Å². The van der Waals surface area contributed by atoms with Crippen LogP contribution in [0.3, 0.4) is 0 Å². The minimum absolute atomic E-state index is 0.000327. The minimum atomic E-state index is -1.14. The zero-order chi connectivity index (χ0) is 41.0. The minimum Gasteiger partial charge on any atom is -0.459 e. The summed E-state index contributed by atoms with van der Waals surface area (Å²) >= 11 is 0. The van der Waals surface area contributed by atoms with Crippen molar-refractivity contribution >= 4 is 11.8 Å². The molecular weight excluding hydrogens is 752 g/mol. The molecule has 8 fully saturated rings. The molecule has 20 atom stereocenters. The van der Waals surface area contributed by atoms with Crippen molar-refractivity contribution in [1.82, 2.24) is 0 Å². The number of ether oxygens (including phenoxy) is 8. The molecule has 8 heterocycles. The van der Waals surface area contributed by atoms with E-state index in [2.05, 4.69) is 27.4 Å². The van der Waals surface area contributed by atoms with E-state index in [-0.39, 0.29) is 73.8 Å². The highest BCUT2D eigenvalue weighted by atomic mass is 16.6. The number of aliphatic hydroxyl groups excluding tert-OH is 4. The van der Waals surface area contributed by atoms with Gasteiger partial charge >= 0.3 is 5.97 Å². The van der Waals surface area contributed by atoms with Crippen molar-refractivity contribution in [2.45, 2.75) is 227 Å². The van der Waals surface area contributed by atoms with Crippen molar-refractivity contribution in [3.8, 4) is 0 Å². The molecule has 8 aliphatic heterocycles. The molecule has 13 unspecified atom stereocenters. The predicted octanol–water partition coefficient (Wildman–Crippen LogP) is 3.24. The molecule has 0 aliphatic carbocycles. The largest absolute Gasteiger partial charge is 0.459 e. The number of Topliss-reactive ketones (excluding diaryl/α,β-unsaturated/α-hetero) is 1. The van der Waals surface area contributed by atoms with Gasteiger partial charge in [0.05, 0.1) is 79.7 Å². The number of aliphatic hydroxyl groups is 4. The summed E-state index contributed by atoms with van der Waals surface area (Å²) in [7, 11) is 0. The maximum absolute atomic E-state index is 14.1. The van der Waals surface area contributed by atoms with E-state index in [1.807, 2.05) is 6.92 Å². The molecule has 0 spiro atoms. The molecule has 8 saturated heterocycles. The molecule has 0 aromatic rings. The molecule has 328 valence electrons. The highest BCUT2D eigenvalue weighted by Gasteiger charge is 2.57. The van der Waals surface area contributed by atoms with Crippen LogP contribution in [-0.4, -0.2) is 149 Å². The average Bonchev–Trinajstić information content (AvgIpc) is 3.60. The van der Waals surface area contributed by atoms with Gasteiger partial charge in [0, 0.05) is 38.2 Å². The second-order valence-electron chi connectivity index (χ2n) is 19.5. The van der Waals surface area contributed by atoms with Crippen LogP contribution in [0.2, 0.25) is 0 Å². The van der Waals surface area contributed by atoms with Crippen LogP contribution in [0.25, 0.3) is 0 Å². The van der Waals surface area contributed by atoms with Crippen LogP contribution >= 0.6 is 0 Å². The van der Waals surface area contributed by atoms with Crippen LogP contribution in [0.5, 0.6) is 0 Å². The first-order valence-electron chi connectivity index (χ1n) is 22.3. The molecule has 0 saturated carbocycles. The topological polar surface area (TPSA) is 189 Å². The normalized spacial score (nSPS) is 50.2. The van der Waals surface area contributed by atoms with E-state index in [1.54, 1.807) is 0 Å². The summed E-state index contributed by atoms with van der Waals surface area (Å²) < 4.78 is 52.1. The predicted molar refractivity (Wildman–Crippen MR) is 207 cm³/mol. The lowest BCUT2D eigenvalue weighted by atomic mass is 9.68. The molecular formula is C44H68O14. The number of hydrogen-bond donors (Lipinski definition) is 4. The van der Waals surface area contributed by atoms with E-state index >= 15 is 0 Å². The highest BCUT2D eigenvalue weighted by Crippen LogP contribution is 2.47. The standard InChI is InChI=1S/C44H68O14/c1-21-15-26-10-9-24(46)17-32-37(49)42-43(57-32)38(50)41-31(56-42)8-6-7-25(53-41)18-36(48)58-40-23(3)39-33(19-28(47)30(55-39)13-14-45)54-34(40)20-35-44(4,5)22(2)16-27(52-35)11-12-29(21)51-26/h22-23,25-35,37-43,45,47,49-50H,1,6-20H2,2-5H3/t22?,23-,25?,26?,27?,28?,29-,30?,31?,32?,33-,34?,35+,37?,38+,39-,40?,41?,42-,43?/m0/s1. The van der Waals surface area contributed by atoms with Crippen molar-refractivity contribution in [2.24, 2.45) is 17.3 Å². The Bertz CT molecular complexity index is 1470. The maximum Gasteiger partial charge on any atom is 0.308 e. The van der Waals surface area contributed by atoms with Crippen LogP contribution in [-0.2, 0) is 47.5 Å². The number of carbonyl (C=O) groups is 2. The summed E-state index contributed by atoms with van der Waals surface area (Å²) in [6.45, 7) is 12.9. The van der Waals surface area contributed by atoms with Gasteiger partial charge in [-0.05, 0) is 74.7 Å². The molecule has 0 aromatic carbocycles. The summed E-state index contributed by atoms with van der Waals surface area (Å²) in [6, 6.07) is 0. The number of hydrogen-bond acceptors (Lipinski definition) is 14. The molecule has 8 aliphatic rings. The van der Waals surface area contributed by atoms with E-state index in [1.165, 1.54) is 0 Å². The van der Waals surface area contributed by atoms with Crippen LogP contribution in [0, 0.1) is 17.3 Å². The van der Waals surface area contributed by atoms with Crippen molar-refractivity contribution < 1.29 is 67.9 Å². The van der Waals surface area contributed by atoms with Crippen molar-refractivity contribution in [2.75, 3.05) is 6.61 Å². The Labute approximate surface area is 342 Å². The van der Waals surface area contributed by atoms with Crippen LogP contribution in [0.1, 0.15) is 118 Å². The molecule has 0 radical (unpaired) electrons. The average molecular weight is 821 g/mol. The fourth-order valence-electron chi connectivity index (χ4n) is 11.4. The third-order valence-electron chi connectivity index (χ3n) is 15.3. The first kappa shape index (κ1) is 43.1. The second kappa shape index (κ2) is 17.7. The third kappa shape index (κ3) is 8.73. The molecule has 14 nitrogen and oxygen atoms in total. The Hall–Kier alpha value is -1.56. The first-order chi connectivity index (χ1) is 27.7. The monoisotopic (exact) mass is 820 g/mol. The van der Waals surface area contributed by atoms with Crippen molar-refractivity contribution in [3.63, 3.8) is 0 Å². The van der Waals surface area contributed by atoms with E-state index in [0.29, 0.717) is 50.9 Å². The van der Waals surface area contributed by atoms with Crippen LogP contribution in [0.15, 0.2) is 12.2 Å². The fourth-order valence-corrected chi connectivity index (χ4v) is 11.4. The summed E-state index contributed by atoms with van der Waals surface area (Å²) in [5.74, 6) is -0.477. The van der Waals surface area contributed by atoms with Crippen molar-refractivity contribution in [1.29, 1.82) is 0 Å². The van der Waals surface area contributed by atoms with Gasteiger partial charge in [-0.25, -0.2) is 0 Å². The zero-order valence-electron chi connectivity index (χ0n) is 34.7. The third-order valence-corrected chi connectivity index (χ3v) is 15.3. The lowest BCUT2D eigenvalue weighted by Crippen LogP contribution is -2.62. The summed E-state index contributed by atoms with van der Waals surface area (Å²) in [5.41, 5.74) is 0.803. The first-order valence-corrected chi connectivity index (χ1v) is 22.3. The smallest absolute Gasteiger partial charge is 0.308 e. The van der Waals surface area contributed by atoms with Gasteiger partial charge in [0.1, 0.15) is 42.4 Å². The van der Waals surface area contributed by atoms with Gasteiger partial charge in [0.15, 0.2) is 0 Å². The number of rotatable bonds is 2. The van der Waals surface area contributed by atoms with Gasteiger partial charge in [0.2, 0.25) is 0 Å². The summed E-state index contributed by atoms with van der Waals surface area (Å²) in [6.07, 6.45) is -3.83. The Morgan fingerprint density at radius 2 is 1.41 bits per heavy atom. The van der Waals surface area contributed by atoms with Gasteiger partial charge in [-0.3, -0.25) is 9.59 Å². The number of ketones is 1. The Morgan fingerprint density at radius 1 is 0.672 bits per heavy atom. The number of carbonyl (C=O) groups excluding carboxylic acids is 2. The molecule has 4 N–H and O–H groups in total. The molecule has 8 rings (SSSR count). The zero-order valence-corrected chi connectivity index (χ0v) is 34.7. The van der Waals surface area contributed by atoms with E-state index < -0.39 is 91.4 Å². The van der Waals surface area contributed by atoms with Crippen LogP contribution < -0.4 is 0 Å². The van der Waals surface area contributed by atoms with E-state index in [0.717, 1.165) is 24.8 Å². The van der Waals surface area contributed by atoms with E-state index in [4.69, 9.17) is 37.9 Å². The van der Waals surface area contributed by atoms with Gasteiger partial charge in [0.25, 0.3) is 0 Å². The van der Waals surface area contributed by atoms with Gasteiger partial charge in [-0.1, -0.05) is 34.3 Å². The summed E-state index contributed by atoms with van der Waals surface area (Å²) in [5, 5.41) is 43.6. The Morgan fingerprint density at radius 3 is 2.21 bits per heavy atom. The maximum atomic E-state index is 14.1. The lowest BCUT2D eigenvalue weighted by molar-refractivity contribution is -0.278. The molecule has 8 bridgehead atoms. The molecule has 0 amide bonds. The number of esters is 1. The van der Waals surface area contributed by atoms with Gasteiger partial charge < -0.3 is 58.3 Å². The fraction of sp³-hybridized carbons (Fsp3) is 0.909. The Balaban J connectivity index is 1.06. The van der Waals surface area contributed by atoms with Crippen LogP contribution in [0.4, 0.5) is 0 Å². The highest BCUT2D eigenvalue weighted by molar-refractivity contribution is 5.79. The lowest BCUT2D eigenvalue weighted by Gasteiger charge is -2.53. The molecule has 14 heteroatoms.